The van der Waals surface area contributed by atoms with Crippen LogP contribution in [-0.2, 0) is 0 Å². The quantitative estimate of drug-likeness (QED) is 0.328. The van der Waals surface area contributed by atoms with Gasteiger partial charge >= 0.3 is 0 Å². The second-order valence-corrected chi connectivity index (χ2v) is 9.69. The molecule has 2 N–H and O–H groups in total. The van der Waals surface area contributed by atoms with Gasteiger partial charge in [0.05, 0.1) is 40.5 Å². The van der Waals surface area contributed by atoms with E-state index in [0.29, 0.717) is 6.61 Å². The van der Waals surface area contributed by atoms with Crippen LogP contribution in [0.2, 0.25) is 0 Å². The number of likely N-dealkylation sites (tertiary alicyclic amines) is 1. The van der Waals surface area contributed by atoms with Gasteiger partial charge in [-0.2, -0.15) is 5.10 Å². The van der Waals surface area contributed by atoms with Crippen molar-refractivity contribution in [3.05, 3.63) is 67.3 Å². The molecule has 0 aromatic carbocycles. The van der Waals surface area contributed by atoms with Crippen molar-refractivity contribution in [2.24, 2.45) is 0 Å². The number of imidazole rings is 1. The molecule has 0 saturated carbocycles. The van der Waals surface area contributed by atoms with Gasteiger partial charge in [-0.15, -0.1) is 0 Å². The molecule has 7 rings (SSSR count). The van der Waals surface area contributed by atoms with E-state index in [-0.39, 0.29) is 0 Å². The number of ether oxygens (including phenoxy) is 1. The zero-order valence-electron chi connectivity index (χ0n) is 21.1. The number of pyridine rings is 3. The van der Waals surface area contributed by atoms with Crippen LogP contribution >= 0.6 is 0 Å². The Labute approximate surface area is 218 Å². The number of rotatable bonds is 7. The average Bonchev–Trinajstić information content (AvgIpc) is 3.74. The first-order valence-electron chi connectivity index (χ1n) is 12.8. The number of aromatic nitrogens is 8. The standard InChI is InChI=1S/C28H27N9O/c1-18-16-37(17-32-18)28-22-12-25(33-23(22)4-5-30-28)27-21-11-24(31-15-26(21)34-35-27)19-10-20(14-29-13-19)38-9-8-36-6-2-3-7-36/h4-5,10-17,33H,2-3,6-9H2,1H3,(H,34,35). The summed E-state index contributed by atoms with van der Waals surface area (Å²) in [7, 11) is 0. The van der Waals surface area contributed by atoms with E-state index >= 15 is 0 Å². The van der Waals surface area contributed by atoms with Gasteiger partial charge in [-0.05, 0) is 57.1 Å². The summed E-state index contributed by atoms with van der Waals surface area (Å²) in [5, 5.41) is 9.70. The van der Waals surface area contributed by atoms with Crippen LogP contribution in [0.15, 0.2) is 61.6 Å². The smallest absolute Gasteiger partial charge is 0.147 e. The van der Waals surface area contributed by atoms with Gasteiger partial charge in [0.1, 0.15) is 30.2 Å². The molecular formula is C28H27N9O. The normalized spacial score (nSPS) is 14.1. The van der Waals surface area contributed by atoms with Crippen LogP contribution in [0.5, 0.6) is 5.75 Å². The summed E-state index contributed by atoms with van der Waals surface area (Å²) in [6, 6.07) is 8.09. The topological polar surface area (TPSA) is 113 Å². The van der Waals surface area contributed by atoms with Crippen molar-refractivity contribution in [1.29, 1.82) is 0 Å². The molecule has 1 saturated heterocycles. The SMILES string of the molecule is Cc1cn(-c2nccc3[nH]c(-c4n[nH]c5cnc(-c6cncc(OCCN7CCCC7)c6)cc45)cc23)cn1. The summed E-state index contributed by atoms with van der Waals surface area (Å²) in [4.78, 5) is 24.0. The Balaban J connectivity index is 1.20. The highest BCUT2D eigenvalue weighted by Crippen LogP contribution is 2.32. The Morgan fingerprint density at radius 2 is 1.89 bits per heavy atom. The number of hydrogen-bond acceptors (Lipinski definition) is 7. The number of H-pyrrole nitrogens is 2. The van der Waals surface area contributed by atoms with Crippen molar-refractivity contribution in [2.75, 3.05) is 26.2 Å². The predicted octanol–water partition coefficient (Wildman–Crippen LogP) is 4.53. The van der Waals surface area contributed by atoms with Crippen LogP contribution in [0.1, 0.15) is 18.5 Å². The molecular weight excluding hydrogens is 478 g/mol. The maximum absolute atomic E-state index is 6.01. The van der Waals surface area contributed by atoms with E-state index in [1.807, 2.05) is 48.3 Å². The zero-order chi connectivity index (χ0) is 25.5. The lowest BCUT2D eigenvalue weighted by Gasteiger charge is -2.15. The molecule has 0 bridgehead atoms. The van der Waals surface area contributed by atoms with Gasteiger partial charge in [-0.3, -0.25) is 24.5 Å². The maximum atomic E-state index is 6.01. The minimum Gasteiger partial charge on any atom is -0.491 e. The minimum absolute atomic E-state index is 0.652. The Bertz CT molecular complexity index is 1740. The fourth-order valence-electron chi connectivity index (χ4n) is 5.13. The number of nitrogens with zero attached hydrogens (tertiary/aromatic N) is 7. The van der Waals surface area contributed by atoms with Crippen LogP contribution in [0.4, 0.5) is 0 Å². The molecule has 10 heteroatoms. The van der Waals surface area contributed by atoms with Crippen molar-refractivity contribution in [3.63, 3.8) is 0 Å². The minimum atomic E-state index is 0.652. The lowest BCUT2D eigenvalue weighted by molar-refractivity contribution is 0.237. The summed E-state index contributed by atoms with van der Waals surface area (Å²) >= 11 is 0. The van der Waals surface area contributed by atoms with E-state index in [9.17, 15) is 0 Å². The van der Waals surface area contributed by atoms with Gasteiger partial charge in [-0.25, -0.2) is 9.97 Å². The Morgan fingerprint density at radius 3 is 2.76 bits per heavy atom. The fraction of sp³-hybridized carbons (Fsp3) is 0.250. The molecule has 1 aliphatic rings. The summed E-state index contributed by atoms with van der Waals surface area (Å²) < 4.78 is 7.95. The molecule has 0 aliphatic carbocycles. The lowest BCUT2D eigenvalue weighted by atomic mass is 10.1. The molecule has 1 fully saturated rings. The van der Waals surface area contributed by atoms with Gasteiger partial charge < -0.3 is 9.72 Å². The largest absolute Gasteiger partial charge is 0.491 e. The van der Waals surface area contributed by atoms with Crippen LogP contribution < -0.4 is 4.74 Å². The summed E-state index contributed by atoms with van der Waals surface area (Å²) in [5.74, 6) is 1.57. The van der Waals surface area contributed by atoms with Gasteiger partial charge in [0.2, 0.25) is 0 Å². The van der Waals surface area contributed by atoms with E-state index in [1.54, 1.807) is 18.7 Å². The molecule has 0 amide bonds. The second-order valence-electron chi connectivity index (χ2n) is 9.69. The van der Waals surface area contributed by atoms with Crippen LogP contribution in [0.3, 0.4) is 0 Å². The Hall–Kier alpha value is -4.57. The lowest BCUT2D eigenvalue weighted by Crippen LogP contribution is -2.25. The van der Waals surface area contributed by atoms with E-state index in [4.69, 9.17) is 4.74 Å². The van der Waals surface area contributed by atoms with E-state index in [0.717, 1.165) is 81.3 Å². The first-order valence-corrected chi connectivity index (χ1v) is 12.8. The number of nitrogens with one attached hydrogen (secondary N) is 2. The van der Waals surface area contributed by atoms with Crippen molar-refractivity contribution < 1.29 is 4.74 Å². The molecule has 38 heavy (non-hydrogen) atoms. The van der Waals surface area contributed by atoms with Crippen LogP contribution in [0, 0.1) is 6.92 Å². The highest BCUT2D eigenvalue weighted by atomic mass is 16.5. The molecule has 7 heterocycles. The zero-order valence-corrected chi connectivity index (χ0v) is 21.1. The third-order valence-corrected chi connectivity index (χ3v) is 7.07. The predicted molar refractivity (Wildman–Crippen MR) is 145 cm³/mol. The van der Waals surface area contributed by atoms with Crippen LogP contribution in [0.25, 0.3) is 50.3 Å². The molecule has 1 aliphatic heterocycles. The Morgan fingerprint density at radius 1 is 0.974 bits per heavy atom. The van der Waals surface area contributed by atoms with E-state index in [2.05, 4.69) is 46.1 Å². The van der Waals surface area contributed by atoms with Gasteiger partial charge in [0, 0.05) is 41.5 Å². The van der Waals surface area contributed by atoms with E-state index < -0.39 is 0 Å². The maximum Gasteiger partial charge on any atom is 0.147 e. The fourth-order valence-corrected chi connectivity index (χ4v) is 5.13. The third-order valence-electron chi connectivity index (χ3n) is 7.07. The highest BCUT2D eigenvalue weighted by molar-refractivity contribution is 5.98. The monoisotopic (exact) mass is 505 g/mol. The molecule has 6 aromatic heterocycles. The molecule has 190 valence electrons. The molecule has 0 unspecified atom stereocenters. The first kappa shape index (κ1) is 22.6. The van der Waals surface area contributed by atoms with Crippen LogP contribution in [-0.4, -0.2) is 70.8 Å². The summed E-state index contributed by atoms with van der Waals surface area (Å²) in [6.07, 6.45) is 13.5. The third kappa shape index (κ3) is 4.18. The molecule has 6 aromatic rings. The van der Waals surface area contributed by atoms with Crippen molar-refractivity contribution in [1.82, 2.24) is 44.6 Å². The van der Waals surface area contributed by atoms with Crippen molar-refractivity contribution >= 4 is 21.8 Å². The average molecular weight is 506 g/mol. The van der Waals surface area contributed by atoms with Gasteiger partial charge in [0.15, 0.2) is 0 Å². The first-order chi connectivity index (χ1) is 18.7. The second kappa shape index (κ2) is 9.38. The summed E-state index contributed by atoms with van der Waals surface area (Å²) in [5.41, 5.74) is 6.20. The molecule has 0 atom stereocenters. The number of aryl methyl sites for hydroxylation is 1. The van der Waals surface area contributed by atoms with Gasteiger partial charge in [-0.1, -0.05) is 0 Å². The summed E-state index contributed by atoms with van der Waals surface area (Å²) in [6.45, 7) is 5.88. The van der Waals surface area contributed by atoms with E-state index in [1.165, 1.54) is 12.8 Å². The van der Waals surface area contributed by atoms with Crippen molar-refractivity contribution in [3.8, 4) is 34.2 Å². The molecule has 0 spiro atoms. The number of aromatic amines is 2. The van der Waals surface area contributed by atoms with Crippen molar-refractivity contribution in [2.45, 2.75) is 19.8 Å². The highest BCUT2D eigenvalue weighted by Gasteiger charge is 2.16. The number of fused-ring (bicyclic) bond motifs is 2. The van der Waals surface area contributed by atoms with Gasteiger partial charge in [0.25, 0.3) is 0 Å². The number of hydrogen-bond donors (Lipinski definition) is 2. The molecule has 10 nitrogen and oxygen atoms in total. The Kier molecular flexibility index (Phi) is 5.58. The molecule has 0 radical (unpaired) electrons.